The molecule has 7 nitrogen and oxygen atoms in total. The molecular weight excluding hydrogens is 386 g/mol. The van der Waals surface area contributed by atoms with Crippen molar-refractivity contribution in [3.63, 3.8) is 0 Å². The maximum absolute atomic E-state index is 12.5. The molecule has 0 aliphatic rings. The molecule has 1 N–H and O–H groups in total. The van der Waals surface area contributed by atoms with Gasteiger partial charge in [0.05, 0.1) is 11.3 Å². The molecule has 4 rings (SSSR count). The van der Waals surface area contributed by atoms with Crippen LogP contribution in [0.4, 0.5) is 5.69 Å². The van der Waals surface area contributed by atoms with Gasteiger partial charge in [-0.2, -0.15) is 0 Å². The van der Waals surface area contributed by atoms with E-state index >= 15 is 0 Å². The third-order valence-electron chi connectivity index (χ3n) is 4.53. The number of fused-ring (bicyclic) bond motifs is 3. The number of aryl methyl sites for hydroxylation is 1. The van der Waals surface area contributed by atoms with Crippen molar-refractivity contribution in [1.82, 2.24) is 19.7 Å². The molecule has 0 radical (unpaired) electrons. The first-order valence-corrected chi connectivity index (χ1v) is 10.2. The molecule has 1 amide bonds. The Hall–Kier alpha value is -3.26. The minimum Gasteiger partial charge on any atom is -0.326 e. The summed E-state index contributed by atoms with van der Waals surface area (Å²) < 4.78 is 2.10. The van der Waals surface area contributed by atoms with Crippen molar-refractivity contribution in [1.29, 1.82) is 0 Å². The van der Waals surface area contributed by atoms with Gasteiger partial charge in [0.2, 0.25) is 11.1 Å². The number of rotatable bonds is 6. The molecule has 29 heavy (non-hydrogen) atoms. The highest BCUT2D eigenvalue weighted by molar-refractivity contribution is 7.99. The molecule has 2 aromatic heterocycles. The number of Topliss-reactive ketones (excluding diaryl/α,β-unsaturated/α-hetero) is 1. The summed E-state index contributed by atoms with van der Waals surface area (Å²) in [6.07, 6.45) is 0. The number of nitrogens with one attached hydrogen (secondary N) is 1. The second kappa shape index (κ2) is 8.00. The van der Waals surface area contributed by atoms with E-state index in [4.69, 9.17) is 0 Å². The molecule has 4 aromatic rings. The number of benzene rings is 2. The van der Waals surface area contributed by atoms with Crippen LogP contribution in [-0.4, -0.2) is 37.2 Å². The lowest BCUT2D eigenvalue weighted by atomic mass is 10.1. The smallest absolute Gasteiger partial charge is 0.221 e. The first-order chi connectivity index (χ1) is 14.1. The van der Waals surface area contributed by atoms with E-state index in [2.05, 4.69) is 32.0 Å². The quantitative estimate of drug-likeness (QED) is 0.386. The topological polar surface area (TPSA) is 89.8 Å². The summed E-state index contributed by atoms with van der Waals surface area (Å²) in [5, 5.41) is 12.7. The zero-order chi connectivity index (χ0) is 20.4. The summed E-state index contributed by atoms with van der Waals surface area (Å²) >= 11 is 1.26. The van der Waals surface area contributed by atoms with Crippen molar-refractivity contribution in [3.8, 4) is 0 Å². The van der Waals surface area contributed by atoms with Crippen LogP contribution in [0, 0.1) is 0 Å². The number of carbonyl (C=O) groups excluding carboxylic acids is 2. The Bertz CT molecular complexity index is 1220. The molecule has 0 fully saturated rings. The maximum Gasteiger partial charge on any atom is 0.221 e. The summed E-state index contributed by atoms with van der Waals surface area (Å²) in [4.78, 5) is 28.2. The van der Waals surface area contributed by atoms with E-state index in [1.807, 2.05) is 24.3 Å². The number of para-hydroxylation sites is 1. The minimum absolute atomic E-state index is 0.0379. The fourth-order valence-corrected chi connectivity index (χ4v) is 3.90. The summed E-state index contributed by atoms with van der Waals surface area (Å²) in [5.41, 5.74) is 3.85. The average molecular weight is 405 g/mol. The fraction of sp³-hybridized carbons (Fsp3) is 0.190. The SMILES string of the molecule is CCn1c2ccccc2c2nnc(SCC(=O)c3ccc(NC(C)=O)cc3)nc21. The molecule has 146 valence electrons. The van der Waals surface area contributed by atoms with Crippen LogP contribution in [0.1, 0.15) is 24.2 Å². The number of amides is 1. The molecule has 0 bridgehead atoms. The maximum atomic E-state index is 12.5. The van der Waals surface area contributed by atoms with Gasteiger partial charge in [-0.15, -0.1) is 10.2 Å². The van der Waals surface area contributed by atoms with Gasteiger partial charge in [-0.25, -0.2) is 4.98 Å². The third kappa shape index (κ3) is 3.84. The second-order valence-corrected chi connectivity index (χ2v) is 7.44. The summed E-state index contributed by atoms with van der Waals surface area (Å²) in [7, 11) is 0. The number of thioether (sulfide) groups is 1. The zero-order valence-electron chi connectivity index (χ0n) is 16.0. The van der Waals surface area contributed by atoms with Crippen LogP contribution in [0.5, 0.6) is 0 Å². The lowest BCUT2D eigenvalue weighted by Gasteiger charge is -2.04. The van der Waals surface area contributed by atoms with Crippen LogP contribution in [0.15, 0.2) is 53.7 Å². The first kappa shape index (κ1) is 19.1. The van der Waals surface area contributed by atoms with E-state index in [1.54, 1.807) is 24.3 Å². The molecule has 0 aliphatic carbocycles. The van der Waals surface area contributed by atoms with Gasteiger partial charge in [0, 0.05) is 30.1 Å². The van der Waals surface area contributed by atoms with Crippen LogP contribution in [0.2, 0.25) is 0 Å². The number of nitrogens with zero attached hydrogens (tertiary/aromatic N) is 4. The monoisotopic (exact) mass is 405 g/mol. The van der Waals surface area contributed by atoms with E-state index in [0.29, 0.717) is 16.4 Å². The summed E-state index contributed by atoms with van der Waals surface area (Å²) in [6.45, 7) is 4.28. The molecule has 0 saturated heterocycles. The fourth-order valence-electron chi connectivity index (χ4n) is 3.23. The molecule has 0 spiro atoms. The lowest BCUT2D eigenvalue weighted by Crippen LogP contribution is -2.07. The molecule has 0 saturated carbocycles. The highest BCUT2D eigenvalue weighted by atomic mass is 32.2. The van der Waals surface area contributed by atoms with Gasteiger partial charge in [0.25, 0.3) is 0 Å². The zero-order valence-corrected chi connectivity index (χ0v) is 16.9. The van der Waals surface area contributed by atoms with Crippen molar-refractivity contribution < 1.29 is 9.59 Å². The van der Waals surface area contributed by atoms with Gasteiger partial charge in [0.1, 0.15) is 5.52 Å². The Morgan fingerprint density at radius 1 is 1.07 bits per heavy atom. The number of carbonyl (C=O) groups is 2. The molecule has 2 aromatic carbocycles. The number of ketones is 1. The predicted octanol–water partition coefficient (Wildman–Crippen LogP) is 3.93. The minimum atomic E-state index is -0.149. The van der Waals surface area contributed by atoms with Gasteiger partial charge in [-0.05, 0) is 37.3 Å². The molecule has 0 aliphatic heterocycles. The summed E-state index contributed by atoms with van der Waals surface area (Å²) in [6, 6.07) is 14.8. The molecule has 0 atom stereocenters. The van der Waals surface area contributed by atoms with E-state index in [1.165, 1.54) is 18.7 Å². The van der Waals surface area contributed by atoms with Crippen molar-refractivity contribution in [2.24, 2.45) is 0 Å². The highest BCUT2D eigenvalue weighted by Gasteiger charge is 2.15. The Morgan fingerprint density at radius 3 is 2.55 bits per heavy atom. The van der Waals surface area contributed by atoms with Crippen molar-refractivity contribution in [2.75, 3.05) is 11.1 Å². The lowest BCUT2D eigenvalue weighted by molar-refractivity contribution is -0.114. The van der Waals surface area contributed by atoms with Crippen LogP contribution in [0.3, 0.4) is 0 Å². The third-order valence-corrected chi connectivity index (χ3v) is 5.37. The number of hydrogen-bond donors (Lipinski definition) is 1. The van der Waals surface area contributed by atoms with Crippen LogP contribution >= 0.6 is 11.8 Å². The Labute approximate surface area is 171 Å². The normalized spacial score (nSPS) is 11.1. The van der Waals surface area contributed by atoms with E-state index < -0.39 is 0 Å². The Kier molecular flexibility index (Phi) is 5.26. The van der Waals surface area contributed by atoms with E-state index in [-0.39, 0.29) is 17.4 Å². The Balaban J connectivity index is 1.53. The predicted molar refractivity (Wildman–Crippen MR) is 114 cm³/mol. The first-order valence-electron chi connectivity index (χ1n) is 9.22. The van der Waals surface area contributed by atoms with Gasteiger partial charge >= 0.3 is 0 Å². The van der Waals surface area contributed by atoms with Crippen LogP contribution < -0.4 is 5.32 Å². The van der Waals surface area contributed by atoms with E-state index in [0.717, 1.165) is 28.6 Å². The average Bonchev–Trinajstić information content (AvgIpc) is 3.05. The highest BCUT2D eigenvalue weighted by Crippen LogP contribution is 2.27. The molecule has 8 heteroatoms. The van der Waals surface area contributed by atoms with Crippen LogP contribution in [0.25, 0.3) is 22.1 Å². The molecule has 2 heterocycles. The number of hydrogen-bond acceptors (Lipinski definition) is 6. The Morgan fingerprint density at radius 2 is 1.83 bits per heavy atom. The summed E-state index contributed by atoms with van der Waals surface area (Å²) in [5.74, 6) is 0.0206. The van der Waals surface area contributed by atoms with Crippen molar-refractivity contribution in [3.05, 3.63) is 54.1 Å². The van der Waals surface area contributed by atoms with Gasteiger partial charge in [-0.1, -0.05) is 30.0 Å². The van der Waals surface area contributed by atoms with Crippen molar-refractivity contribution >= 4 is 51.2 Å². The van der Waals surface area contributed by atoms with Gasteiger partial charge < -0.3 is 9.88 Å². The molecular formula is C21H19N5O2S. The largest absolute Gasteiger partial charge is 0.326 e. The number of anilines is 1. The molecule has 0 unspecified atom stereocenters. The van der Waals surface area contributed by atoms with Crippen LogP contribution in [-0.2, 0) is 11.3 Å². The standard InChI is InChI=1S/C21H19N5O2S/c1-3-26-17-7-5-4-6-16(17)19-20(26)23-21(25-24-19)29-12-18(28)14-8-10-15(11-9-14)22-13(2)27/h4-11H,3,12H2,1-2H3,(H,22,27). The number of aromatic nitrogens is 4. The second-order valence-electron chi connectivity index (χ2n) is 6.50. The van der Waals surface area contributed by atoms with Gasteiger partial charge in [-0.3, -0.25) is 9.59 Å². The van der Waals surface area contributed by atoms with E-state index in [9.17, 15) is 9.59 Å². The van der Waals surface area contributed by atoms with Gasteiger partial charge in [0.15, 0.2) is 11.4 Å². The van der Waals surface area contributed by atoms with Crippen molar-refractivity contribution in [2.45, 2.75) is 25.5 Å².